The molecule has 82 valence electrons. The van der Waals surface area contributed by atoms with E-state index in [1.165, 1.54) is 12.8 Å². The molecular weight excluding hydrogens is 198 g/mol. The molecule has 2 fully saturated rings. The van der Waals surface area contributed by atoms with Crippen LogP contribution in [0, 0.1) is 17.8 Å². The number of hydrogen-bond acceptors (Lipinski definition) is 2. The Morgan fingerprint density at radius 2 is 2.00 bits per heavy atom. The van der Waals surface area contributed by atoms with Crippen molar-refractivity contribution in [1.82, 2.24) is 4.31 Å². The van der Waals surface area contributed by atoms with E-state index in [0.29, 0.717) is 23.5 Å². The molecule has 0 aromatic carbocycles. The Bertz CT molecular complexity index is 306. The van der Waals surface area contributed by atoms with Crippen LogP contribution >= 0.6 is 0 Å². The van der Waals surface area contributed by atoms with Crippen LogP contribution in [-0.4, -0.2) is 31.6 Å². The minimum Gasteiger partial charge on any atom is -0.212 e. The Morgan fingerprint density at radius 3 is 2.43 bits per heavy atom. The molecule has 0 N–H and O–H groups in total. The van der Waals surface area contributed by atoms with Crippen LogP contribution in [0.15, 0.2) is 0 Å². The predicted octanol–water partition coefficient (Wildman–Crippen LogP) is 1.31. The molecule has 1 saturated carbocycles. The van der Waals surface area contributed by atoms with Gasteiger partial charge in [0.15, 0.2) is 0 Å². The molecule has 14 heavy (non-hydrogen) atoms. The zero-order valence-electron chi connectivity index (χ0n) is 8.94. The number of nitrogens with zero attached hydrogens (tertiary/aromatic N) is 1. The number of rotatable bonds is 3. The highest BCUT2D eigenvalue weighted by atomic mass is 32.2. The first kappa shape index (κ1) is 10.4. The van der Waals surface area contributed by atoms with Crippen LogP contribution in [0.4, 0.5) is 0 Å². The molecule has 2 rings (SSSR count). The minimum absolute atomic E-state index is 0.346. The molecule has 0 aromatic heterocycles. The second kappa shape index (κ2) is 3.49. The maximum absolute atomic E-state index is 11.8. The van der Waals surface area contributed by atoms with Crippen LogP contribution in [0.1, 0.15) is 26.7 Å². The van der Waals surface area contributed by atoms with Crippen molar-refractivity contribution in [2.24, 2.45) is 17.8 Å². The summed E-state index contributed by atoms with van der Waals surface area (Å²) in [6.45, 7) is 5.77. The van der Waals surface area contributed by atoms with E-state index in [1.807, 2.05) is 0 Å². The third kappa shape index (κ3) is 2.11. The Hall–Kier alpha value is -0.0900. The molecule has 0 spiro atoms. The van der Waals surface area contributed by atoms with Crippen molar-refractivity contribution in [2.75, 3.05) is 18.8 Å². The van der Waals surface area contributed by atoms with Crippen LogP contribution in [0.3, 0.4) is 0 Å². The number of sulfonamides is 1. The predicted molar refractivity (Wildman–Crippen MR) is 56.4 cm³/mol. The van der Waals surface area contributed by atoms with Gasteiger partial charge in [0.25, 0.3) is 0 Å². The molecule has 0 unspecified atom stereocenters. The van der Waals surface area contributed by atoms with E-state index in [1.54, 1.807) is 4.31 Å². The van der Waals surface area contributed by atoms with Gasteiger partial charge in [-0.1, -0.05) is 13.8 Å². The first-order valence-electron chi connectivity index (χ1n) is 5.47. The molecule has 0 aromatic rings. The van der Waals surface area contributed by atoms with Crippen molar-refractivity contribution in [3.05, 3.63) is 0 Å². The lowest BCUT2D eigenvalue weighted by Gasteiger charge is -2.15. The van der Waals surface area contributed by atoms with E-state index >= 15 is 0 Å². The lowest BCUT2D eigenvalue weighted by molar-refractivity contribution is 0.341. The number of hydrogen-bond donors (Lipinski definition) is 0. The third-order valence-corrected chi connectivity index (χ3v) is 5.29. The summed E-state index contributed by atoms with van der Waals surface area (Å²) in [5.41, 5.74) is 0. The van der Waals surface area contributed by atoms with Crippen LogP contribution in [0.5, 0.6) is 0 Å². The molecule has 0 amide bonds. The standard InChI is InChI=1S/C10H19NO2S/c1-8(2)10-6-11(5-9-3-4-9)14(12,13)7-10/h8-10H,3-7H2,1-2H3/t10-/m1/s1. The average molecular weight is 217 g/mol. The van der Waals surface area contributed by atoms with Gasteiger partial charge in [-0.05, 0) is 30.6 Å². The van der Waals surface area contributed by atoms with Gasteiger partial charge in [0.1, 0.15) is 0 Å². The van der Waals surface area contributed by atoms with Gasteiger partial charge in [-0.3, -0.25) is 0 Å². The fourth-order valence-electron chi connectivity index (χ4n) is 1.98. The SMILES string of the molecule is CC(C)[C@@H]1CN(CC2CC2)S(=O)(=O)C1. The summed E-state index contributed by atoms with van der Waals surface area (Å²) < 4.78 is 25.2. The molecule has 1 saturated heterocycles. The fourth-order valence-corrected chi connectivity index (χ4v) is 4.08. The normalized spacial score (nSPS) is 32.6. The van der Waals surface area contributed by atoms with Crippen molar-refractivity contribution in [3.63, 3.8) is 0 Å². The molecule has 3 nitrogen and oxygen atoms in total. The van der Waals surface area contributed by atoms with Gasteiger partial charge < -0.3 is 0 Å². The Morgan fingerprint density at radius 1 is 1.36 bits per heavy atom. The van der Waals surface area contributed by atoms with Crippen molar-refractivity contribution in [3.8, 4) is 0 Å². The van der Waals surface area contributed by atoms with Gasteiger partial charge in [0, 0.05) is 13.1 Å². The van der Waals surface area contributed by atoms with Crippen LogP contribution < -0.4 is 0 Å². The van der Waals surface area contributed by atoms with Crippen LogP contribution in [0.2, 0.25) is 0 Å². The first-order valence-corrected chi connectivity index (χ1v) is 7.08. The average Bonchev–Trinajstić information content (AvgIpc) is 2.79. The largest absolute Gasteiger partial charge is 0.214 e. The second-order valence-electron chi connectivity index (χ2n) is 5.04. The van der Waals surface area contributed by atoms with Crippen molar-refractivity contribution in [1.29, 1.82) is 0 Å². The van der Waals surface area contributed by atoms with E-state index in [9.17, 15) is 8.42 Å². The fraction of sp³-hybridized carbons (Fsp3) is 1.00. The molecule has 0 bridgehead atoms. The smallest absolute Gasteiger partial charge is 0.212 e. The molecular formula is C10H19NO2S. The van der Waals surface area contributed by atoms with Gasteiger partial charge in [0.05, 0.1) is 5.75 Å². The zero-order chi connectivity index (χ0) is 10.3. The van der Waals surface area contributed by atoms with Gasteiger partial charge in [-0.25, -0.2) is 12.7 Å². The lowest BCUT2D eigenvalue weighted by atomic mass is 9.98. The van der Waals surface area contributed by atoms with E-state index < -0.39 is 10.0 Å². The molecule has 2 aliphatic rings. The topological polar surface area (TPSA) is 37.4 Å². The van der Waals surface area contributed by atoms with Gasteiger partial charge in [-0.15, -0.1) is 0 Å². The summed E-state index contributed by atoms with van der Waals surface area (Å²) in [6, 6.07) is 0. The van der Waals surface area contributed by atoms with E-state index in [0.717, 1.165) is 13.1 Å². The van der Waals surface area contributed by atoms with Crippen LogP contribution in [0.25, 0.3) is 0 Å². The highest BCUT2D eigenvalue weighted by Gasteiger charge is 2.39. The highest BCUT2D eigenvalue weighted by molar-refractivity contribution is 7.89. The van der Waals surface area contributed by atoms with Crippen LogP contribution in [-0.2, 0) is 10.0 Å². The lowest BCUT2D eigenvalue weighted by Crippen LogP contribution is -2.28. The van der Waals surface area contributed by atoms with Gasteiger partial charge in [-0.2, -0.15) is 0 Å². The quantitative estimate of drug-likeness (QED) is 0.715. The molecule has 0 radical (unpaired) electrons. The second-order valence-corrected chi connectivity index (χ2v) is 7.06. The summed E-state index contributed by atoms with van der Waals surface area (Å²) in [4.78, 5) is 0. The van der Waals surface area contributed by atoms with E-state index in [-0.39, 0.29) is 0 Å². The summed E-state index contributed by atoms with van der Waals surface area (Å²) in [6.07, 6.45) is 2.44. The molecule has 1 atom stereocenters. The third-order valence-electron chi connectivity index (χ3n) is 3.36. The van der Waals surface area contributed by atoms with E-state index in [4.69, 9.17) is 0 Å². The molecule has 4 heteroatoms. The molecule has 1 heterocycles. The molecule has 1 aliphatic carbocycles. The van der Waals surface area contributed by atoms with Crippen molar-refractivity contribution in [2.45, 2.75) is 26.7 Å². The maximum atomic E-state index is 11.8. The highest BCUT2D eigenvalue weighted by Crippen LogP contribution is 2.34. The summed E-state index contributed by atoms with van der Waals surface area (Å²) in [5, 5.41) is 0. The Kier molecular flexibility index (Phi) is 2.60. The minimum atomic E-state index is -2.90. The van der Waals surface area contributed by atoms with Crippen molar-refractivity contribution < 1.29 is 8.42 Å². The van der Waals surface area contributed by atoms with Crippen molar-refractivity contribution >= 4 is 10.0 Å². The van der Waals surface area contributed by atoms with Gasteiger partial charge in [0.2, 0.25) is 10.0 Å². The summed E-state index contributed by atoms with van der Waals surface area (Å²) >= 11 is 0. The zero-order valence-corrected chi connectivity index (χ0v) is 9.76. The first-order chi connectivity index (χ1) is 6.49. The maximum Gasteiger partial charge on any atom is 0.214 e. The Labute approximate surface area is 86.5 Å². The Balaban J connectivity index is 2.02. The molecule has 1 aliphatic heterocycles. The summed E-state index contributed by atoms with van der Waals surface area (Å²) in [7, 11) is -2.90. The summed E-state index contributed by atoms with van der Waals surface area (Å²) in [5.74, 6) is 1.86. The van der Waals surface area contributed by atoms with Gasteiger partial charge >= 0.3 is 0 Å². The van der Waals surface area contributed by atoms with E-state index in [2.05, 4.69) is 13.8 Å². The monoisotopic (exact) mass is 217 g/mol.